The van der Waals surface area contributed by atoms with Crippen molar-refractivity contribution in [1.82, 2.24) is 0 Å². The Balaban J connectivity index is 0.000000185. The van der Waals surface area contributed by atoms with E-state index >= 15 is 0 Å². The van der Waals surface area contributed by atoms with Crippen LogP contribution in [0, 0.1) is 11.8 Å². The van der Waals surface area contributed by atoms with Gasteiger partial charge in [0.2, 0.25) is 0 Å². The summed E-state index contributed by atoms with van der Waals surface area (Å²) in [6, 6.07) is 69.6. The first-order chi connectivity index (χ1) is 49.5. The number of aliphatic hydroxyl groups excluding tert-OH is 1. The third-order valence-electron chi connectivity index (χ3n) is 18.1. The molecule has 10 atom stereocenters. The van der Waals surface area contributed by atoms with Crippen molar-refractivity contribution in [3.8, 4) is 0 Å². The highest BCUT2D eigenvalue weighted by Gasteiger charge is 2.55. The van der Waals surface area contributed by atoms with E-state index in [1.165, 1.54) is 37.4 Å². The molecule has 18 nitrogen and oxygen atoms in total. The fourth-order valence-corrected chi connectivity index (χ4v) is 17.0. The van der Waals surface area contributed by atoms with Gasteiger partial charge in [-0.1, -0.05) is 264 Å². The van der Waals surface area contributed by atoms with Gasteiger partial charge in [0, 0.05) is 16.7 Å². The minimum atomic E-state index is -3.95. The average Bonchev–Trinajstić information content (AvgIpc) is 0.783. The predicted octanol–water partition coefficient (Wildman–Crippen LogP) is 17.0. The summed E-state index contributed by atoms with van der Waals surface area (Å²) in [4.78, 5) is 0.956. The Hall–Kier alpha value is -5.29. The van der Waals surface area contributed by atoms with Crippen molar-refractivity contribution >= 4 is 27.4 Å². The van der Waals surface area contributed by atoms with Gasteiger partial charge in [0.15, 0.2) is 6.29 Å². The molecule has 2 aliphatic carbocycles. The van der Waals surface area contributed by atoms with Gasteiger partial charge < -0.3 is 47.7 Å². The number of hydrogen-bond acceptors (Lipinski definition) is 19. The lowest BCUT2D eigenvalue weighted by Crippen LogP contribution is -2.62. The number of phosphoric ester groups is 2. The first-order valence-electron chi connectivity index (χ1n) is 35.9. The van der Waals surface area contributed by atoms with E-state index in [2.05, 4.69) is 0 Å². The monoisotopic (exact) mass is 1440 g/mol. The SMILES string of the molecule is CC1COP(=O)(OC2C(OC3CCCCC3)OC(COCc3ccccc3)C(OCc3ccccc3)C2OCc2ccccc2)OC1.CC1COP(=O)(OC2C(Sc3ccccc3)OC(COCc3ccccc3)C(OCc3ccccc3)C2OCc2ccccc2)OC1.OC1CCCCC1. The van der Waals surface area contributed by atoms with Crippen molar-refractivity contribution in [2.75, 3.05) is 39.6 Å². The molecular weight excluding hydrogens is 1340 g/mol. The van der Waals surface area contributed by atoms with Crippen molar-refractivity contribution in [2.24, 2.45) is 11.8 Å². The molecule has 0 aromatic heterocycles. The largest absolute Gasteiger partial charge is 0.475 e. The standard InChI is InChI=1S/C37H47O9P.C37H41O8PS.C6H12O/c1-28-22-42-47(38,43-23-28)46-36-35(41-26-31-18-10-4-11-19-31)34(40-25-30-16-8-3-9-17-30)33(27-39-24-29-14-6-2-7-15-29)45-37(36)44-32-20-12-5-13-21-32;1-28-22-42-46(38,43-23-28)45-36-35(41-26-31-18-10-4-11-19-31)34(40-25-30-16-8-3-9-17-30)33(27-39-24-29-14-6-2-7-15-29)44-37(36)47-32-20-12-5-13-21-32;7-6-4-2-1-3-5-6/h2-4,6-11,14-19,28,32-37H,5,12-13,20-27H2,1H3;2-21,28,33-37H,22-27H2,1H3;6-7H,1-5H2. The topological polar surface area (TPSA) is 193 Å². The third-order valence-corrected chi connectivity index (χ3v) is 22.2. The summed E-state index contributed by atoms with van der Waals surface area (Å²) in [5.41, 5.74) is 5.40. The highest BCUT2D eigenvalue weighted by molar-refractivity contribution is 7.99. The Morgan fingerprint density at radius 3 is 1.09 bits per heavy atom. The molecule has 0 bridgehead atoms. The molecule has 21 heteroatoms. The van der Waals surface area contributed by atoms with E-state index in [4.69, 9.17) is 74.9 Å². The van der Waals surface area contributed by atoms with Gasteiger partial charge in [0.05, 0.1) is 91.5 Å². The lowest BCUT2D eigenvalue weighted by atomic mass is 9.96. The lowest BCUT2D eigenvalue weighted by Gasteiger charge is -2.47. The minimum absolute atomic E-state index is 0.0311. The molecule has 13 rings (SSSR count). The molecule has 544 valence electrons. The van der Waals surface area contributed by atoms with Crippen molar-refractivity contribution in [3.63, 3.8) is 0 Å². The molecule has 6 fully saturated rings. The molecular formula is C80H100O18P2S. The van der Waals surface area contributed by atoms with Gasteiger partial charge in [-0.3, -0.25) is 27.1 Å². The number of hydrogen-bond donors (Lipinski definition) is 1. The maximum Gasteiger partial charge on any atom is 0.475 e. The first kappa shape index (κ1) is 76.8. The zero-order valence-corrected chi connectivity index (χ0v) is 60.6. The molecule has 4 aliphatic heterocycles. The predicted molar refractivity (Wildman–Crippen MR) is 386 cm³/mol. The summed E-state index contributed by atoms with van der Waals surface area (Å²) >= 11 is 1.47. The Morgan fingerprint density at radius 2 is 0.713 bits per heavy atom. The van der Waals surface area contributed by atoms with E-state index in [1.54, 1.807) is 0 Å². The van der Waals surface area contributed by atoms with Gasteiger partial charge in [-0.15, -0.1) is 0 Å². The van der Waals surface area contributed by atoms with Crippen LogP contribution in [0.15, 0.2) is 217 Å². The summed E-state index contributed by atoms with van der Waals surface area (Å²) in [6.45, 7) is 7.43. The number of phosphoric acid groups is 2. The van der Waals surface area contributed by atoms with E-state index < -0.39 is 76.2 Å². The molecule has 0 radical (unpaired) electrons. The van der Waals surface area contributed by atoms with Gasteiger partial charge in [0.1, 0.15) is 54.3 Å². The van der Waals surface area contributed by atoms with Crippen LogP contribution in [0.4, 0.5) is 0 Å². The third kappa shape index (κ3) is 24.9. The molecule has 101 heavy (non-hydrogen) atoms. The smallest absolute Gasteiger partial charge is 0.393 e. The molecule has 4 saturated heterocycles. The quantitative estimate of drug-likeness (QED) is 0.0455. The molecule has 10 unspecified atom stereocenters. The van der Waals surface area contributed by atoms with Gasteiger partial charge in [0.25, 0.3) is 0 Å². The number of rotatable bonds is 28. The normalized spacial score (nSPS) is 28.7. The Bertz CT molecular complexity index is 3470. The number of thioether (sulfide) groups is 1. The zero-order valence-electron chi connectivity index (χ0n) is 58.0. The minimum Gasteiger partial charge on any atom is -0.393 e. The summed E-state index contributed by atoms with van der Waals surface area (Å²) in [5.74, 6) is 0.187. The first-order valence-corrected chi connectivity index (χ1v) is 39.7. The van der Waals surface area contributed by atoms with Crippen LogP contribution in [0.3, 0.4) is 0 Å². The van der Waals surface area contributed by atoms with Crippen LogP contribution in [0.2, 0.25) is 0 Å². The molecule has 4 heterocycles. The van der Waals surface area contributed by atoms with Crippen LogP contribution < -0.4 is 0 Å². The highest BCUT2D eigenvalue weighted by Crippen LogP contribution is 2.57. The highest BCUT2D eigenvalue weighted by atomic mass is 32.2. The number of ether oxygens (including phenoxy) is 9. The van der Waals surface area contributed by atoms with E-state index in [0.29, 0.717) is 26.4 Å². The second-order valence-electron chi connectivity index (χ2n) is 26.7. The lowest BCUT2D eigenvalue weighted by molar-refractivity contribution is -0.326. The second-order valence-corrected chi connectivity index (χ2v) is 31.1. The Labute approximate surface area is 600 Å². The summed E-state index contributed by atoms with van der Waals surface area (Å²) in [7, 11) is -7.89. The molecule has 7 aromatic rings. The maximum atomic E-state index is 13.9. The van der Waals surface area contributed by atoms with Gasteiger partial charge in [-0.25, -0.2) is 9.13 Å². The average molecular weight is 1440 g/mol. The zero-order chi connectivity index (χ0) is 69.7. The van der Waals surface area contributed by atoms with E-state index in [1.807, 2.05) is 226 Å². The van der Waals surface area contributed by atoms with E-state index in [-0.39, 0.29) is 76.9 Å². The molecule has 1 N–H and O–H groups in total. The van der Waals surface area contributed by atoms with Gasteiger partial charge in [-0.2, -0.15) is 0 Å². The van der Waals surface area contributed by atoms with Crippen LogP contribution in [0.5, 0.6) is 0 Å². The van der Waals surface area contributed by atoms with Gasteiger partial charge >= 0.3 is 15.6 Å². The van der Waals surface area contributed by atoms with Crippen LogP contribution in [-0.4, -0.2) is 118 Å². The van der Waals surface area contributed by atoms with Crippen LogP contribution in [-0.2, 0) is 119 Å². The second kappa shape index (κ2) is 40.8. The van der Waals surface area contributed by atoms with E-state index in [0.717, 1.165) is 76.8 Å². The Kier molecular flexibility index (Phi) is 31.1. The number of aliphatic hydroxyl groups is 1. The van der Waals surface area contributed by atoms with Crippen molar-refractivity contribution in [3.05, 3.63) is 246 Å². The van der Waals surface area contributed by atoms with Crippen molar-refractivity contribution < 1.29 is 84.0 Å². The molecule has 0 amide bonds. The van der Waals surface area contributed by atoms with Crippen LogP contribution in [0.25, 0.3) is 0 Å². The number of benzene rings is 7. The molecule has 6 aliphatic rings. The van der Waals surface area contributed by atoms with E-state index in [9.17, 15) is 9.13 Å². The summed E-state index contributed by atoms with van der Waals surface area (Å²) in [5, 5.41) is 8.91. The molecule has 7 aromatic carbocycles. The van der Waals surface area contributed by atoms with Gasteiger partial charge in [-0.05, 0) is 71.2 Å². The Morgan fingerprint density at radius 1 is 0.386 bits per heavy atom. The fourth-order valence-electron chi connectivity index (χ4n) is 12.6. The molecule has 0 spiro atoms. The fraction of sp³-hybridized carbons (Fsp3) is 0.475. The molecule has 2 saturated carbocycles. The summed E-state index contributed by atoms with van der Waals surface area (Å²) < 4.78 is 123. The van der Waals surface area contributed by atoms with Crippen LogP contribution >= 0.6 is 27.4 Å². The summed E-state index contributed by atoms with van der Waals surface area (Å²) in [6.07, 6.45) is 4.35. The van der Waals surface area contributed by atoms with Crippen molar-refractivity contribution in [2.45, 2.75) is 195 Å². The maximum absolute atomic E-state index is 13.9. The van der Waals surface area contributed by atoms with Crippen molar-refractivity contribution in [1.29, 1.82) is 0 Å². The van der Waals surface area contributed by atoms with Crippen LogP contribution in [0.1, 0.15) is 111 Å².